The van der Waals surface area contributed by atoms with Gasteiger partial charge < -0.3 is 25.0 Å². The van der Waals surface area contributed by atoms with E-state index in [1.165, 1.54) is 18.3 Å². The topological polar surface area (TPSA) is 97.7 Å². The second-order valence-electron chi connectivity index (χ2n) is 9.47. The van der Waals surface area contributed by atoms with Crippen molar-refractivity contribution >= 4 is 29.3 Å². The SMILES string of the molecule is CCOC(=O)N1CCC(NCCOc2ccc(NC(=O)c3cccc(C(F)(F)F)c3)cc2-c2c(Cl)cnn2C)CC1. The van der Waals surface area contributed by atoms with E-state index in [0.717, 1.165) is 25.0 Å². The highest BCUT2D eigenvalue weighted by Gasteiger charge is 2.31. The van der Waals surface area contributed by atoms with Gasteiger partial charge in [0.2, 0.25) is 0 Å². The zero-order valence-corrected chi connectivity index (χ0v) is 23.4. The van der Waals surface area contributed by atoms with Crippen LogP contribution in [0.5, 0.6) is 5.75 Å². The van der Waals surface area contributed by atoms with Gasteiger partial charge in [-0.3, -0.25) is 9.48 Å². The van der Waals surface area contributed by atoms with Crippen LogP contribution in [0.3, 0.4) is 0 Å². The summed E-state index contributed by atoms with van der Waals surface area (Å²) in [5.74, 6) is -0.198. The van der Waals surface area contributed by atoms with Gasteiger partial charge >= 0.3 is 12.3 Å². The van der Waals surface area contributed by atoms with Crippen molar-refractivity contribution in [3.63, 3.8) is 0 Å². The van der Waals surface area contributed by atoms with Crippen LogP contribution < -0.4 is 15.4 Å². The predicted molar refractivity (Wildman–Crippen MR) is 148 cm³/mol. The van der Waals surface area contributed by atoms with Crippen molar-refractivity contribution in [2.24, 2.45) is 7.05 Å². The van der Waals surface area contributed by atoms with E-state index in [4.69, 9.17) is 21.1 Å². The lowest BCUT2D eigenvalue weighted by Crippen LogP contribution is -2.45. The molecule has 4 rings (SSSR count). The Bertz CT molecular complexity index is 1350. The number of rotatable bonds is 9. The highest BCUT2D eigenvalue weighted by atomic mass is 35.5. The Labute approximate surface area is 240 Å². The predicted octanol–water partition coefficient (Wildman–Crippen LogP) is 5.60. The van der Waals surface area contributed by atoms with Crippen molar-refractivity contribution in [1.82, 2.24) is 20.0 Å². The van der Waals surface area contributed by atoms with Gasteiger partial charge in [-0.25, -0.2) is 4.79 Å². The van der Waals surface area contributed by atoms with E-state index >= 15 is 0 Å². The number of carbonyl (C=O) groups excluding carboxylic acids is 2. The standard InChI is InChI=1S/C28H31ClF3N5O4/c1-3-40-27(39)37-12-9-20(10-13-37)33-11-14-41-24-8-7-21(16-22(24)25-23(29)17-34-36(25)2)35-26(38)18-5-4-6-19(15-18)28(30,31)32/h4-8,15-17,20,33H,3,9-14H2,1-2H3,(H,35,38). The van der Waals surface area contributed by atoms with Crippen LogP contribution in [0, 0.1) is 0 Å². The van der Waals surface area contributed by atoms with Crippen LogP contribution in [0.1, 0.15) is 35.7 Å². The third-order valence-corrected chi connectivity index (χ3v) is 6.93. The van der Waals surface area contributed by atoms with Crippen molar-refractivity contribution in [3.8, 4) is 17.0 Å². The maximum Gasteiger partial charge on any atom is 0.416 e. The van der Waals surface area contributed by atoms with E-state index in [0.29, 0.717) is 60.6 Å². The number of aromatic nitrogens is 2. The lowest BCUT2D eigenvalue weighted by atomic mass is 10.1. The molecule has 41 heavy (non-hydrogen) atoms. The molecule has 13 heteroatoms. The minimum Gasteiger partial charge on any atom is -0.492 e. The molecule has 3 aromatic rings. The number of amides is 2. The fourth-order valence-corrected chi connectivity index (χ4v) is 4.85. The van der Waals surface area contributed by atoms with Crippen LogP contribution in [0.2, 0.25) is 5.02 Å². The van der Waals surface area contributed by atoms with E-state index in [-0.39, 0.29) is 17.7 Å². The van der Waals surface area contributed by atoms with Crippen LogP contribution >= 0.6 is 11.6 Å². The number of nitrogens with one attached hydrogen (secondary N) is 2. The van der Waals surface area contributed by atoms with E-state index in [9.17, 15) is 22.8 Å². The highest BCUT2D eigenvalue weighted by molar-refractivity contribution is 6.33. The van der Waals surface area contributed by atoms with E-state index in [1.54, 1.807) is 41.8 Å². The maximum atomic E-state index is 13.1. The van der Waals surface area contributed by atoms with Crippen LogP contribution in [-0.4, -0.2) is 65.6 Å². The Morgan fingerprint density at radius 2 is 1.90 bits per heavy atom. The summed E-state index contributed by atoms with van der Waals surface area (Å²) in [5, 5.41) is 10.6. The van der Waals surface area contributed by atoms with Gasteiger partial charge in [0.05, 0.1) is 29.1 Å². The molecule has 0 bridgehead atoms. The number of alkyl halides is 3. The fourth-order valence-electron chi connectivity index (χ4n) is 4.58. The number of halogens is 4. The molecule has 0 spiro atoms. The fraction of sp³-hybridized carbons (Fsp3) is 0.393. The Morgan fingerprint density at radius 1 is 1.15 bits per heavy atom. The summed E-state index contributed by atoms with van der Waals surface area (Å²) >= 11 is 6.40. The molecular formula is C28H31ClF3N5O4. The molecule has 0 aliphatic carbocycles. The Balaban J connectivity index is 1.42. The Hall–Kier alpha value is -3.77. The summed E-state index contributed by atoms with van der Waals surface area (Å²) in [6, 6.07) is 9.37. The maximum absolute atomic E-state index is 13.1. The Morgan fingerprint density at radius 3 is 2.56 bits per heavy atom. The number of nitrogens with zero attached hydrogens (tertiary/aromatic N) is 3. The number of benzene rings is 2. The van der Waals surface area contributed by atoms with Crippen molar-refractivity contribution in [2.75, 3.05) is 38.2 Å². The molecular weight excluding hydrogens is 563 g/mol. The lowest BCUT2D eigenvalue weighted by Gasteiger charge is -2.31. The molecule has 1 saturated heterocycles. The molecule has 220 valence electrons. The third-order valence-electron chi connectivity index (χ3n) is 6.65. The minimum absolute atomic E-state index is 0.126. The van der Waals surface area contributed by atoms with Crippen LogP contribution in [0.4, 0.5) is 23.7 Å². The molecule has 2 amide bonds. The molecule has 9 nitrogen and oxygen atoms in total. The molecule has 1 aromatic heterocycles. The van der Waals surface area contributed by atoms with Crippen LogP contribution in [-0.2, 0) is 18.0 Å². The molecule has 0 radical (unpaired) electrons. The largest absolute Gasteiger partial charge is 0.492 e. The average molecular weight is 594 g/mol. The second-order valence-corrected chi connectivity index (χ2v) is 9.88. The number of aryl methyl sites for hydroxylation is 1. The molecule has 2 N–H and O–H groups in total. The molecule has 1 aliphatic heterocycles. The second kappa shape index (κ2) is 13.3. The molecule has 1 aliphatic rings. The van der Waals surface area contributed by atoms with Gasteiger partial charge in [0.1, 0.15) is 12.4 Å². The van der Waals surface area contributed by atoms with Gasteiger partial charge in [-0.15, -0.1) is 0 Å². The first kappa shape index (κ1) is 30.2. The normalized spacial score (nSPS) is 14.1. The van der Waals surface area contributed by atoms with Gasteiger partial charge in [0, 0.05) is 49.5 Å². The summed E-state index contributed by atoms with van der Waals surface area (Å²) in [6.07, 6.45) is -1.76. The van der Waals surface area contributed by atoms with Gasteiger partial charge in [-0.1, -0.05) is 17.7 Å². The summed E-state index contributed by atoms with van der Waals surface area (Å²) < 4.78 is 52.0. The third kappa shape index (κ3) is 7.70. The van der Waals surface area contributed by atoms with Crippen molar-refractivity contribution in [2.45, 2.75) is 32.0 Å². The smallest absolute Gasteiger partial charge is 0.416 e. The summed E-state index contributed by atoms with van der Waals surface area (Å²) in [4.78, 5) is 26.4. The minimum atomic E-state index is -4.56. The highest BCUT2D eigenvalue weighted by Crippen LogP contribution is 2.37. The lowest BCUT2D eigenvalue weighted by molar-refractivity contribution is -0.137. The van der Waals surface area contributed by atoms with Gasteiger partial charge in [0.25, 0.3) is 5.91 Å². The van der Waals surface area contributed by atoms with E-state index in [1.807, 2.05) is 0 Å². The molecule has 0 saturated carbocycles. The average Bonchev–Trinajstić information content (AvgIpc) is 3.29. The van der Waals surface area contributed by atoms with E-state index in [2.05, 4.69) is 15.7 Å². The first-order chi connectivity index (χ1) is 19.6. The van der Waals surface area contributed by atoms with Crippen LogP contribution in [0.25, 0.3) is 11.3 Å². The molecule has 1 fully saturated rings. The number of hydrogen-bond acceptors (Lipinski definition) is 6. The summed E-state index contributed by atoms with van der Waals surface area (Å²) in [7, 11) is 1.71. The van der Waals surface area contributed by atoms with Crippen molar-refractivity contribution in [1.29, 1.82) is 0 Å². The zero-order chi connectivity index (χ0) is 29.6. The van der Waals surface area contributed by atoms with Crippen molar-refractivity contribution < 1.29 is 32.2 Å². The monoisotopic (exact) mass is 593 g/mol. The van der Waals surface area contributed by atoms with Crippen molar-refractivity contribution in [3.05, 3.63) is 64.8 Å². The quantitative estimate of drug-likeness (QED) is 0.314. The number of carbonyl (C=O) groups is 2. The zero-order valence-electron chi connectivity index (χ0n) is 22.6. The molecule has 0 atom stereocenters. The van der Waals surface area contributed by atoms with Crippen LogP contribution in [0.15, 0.2) is 48.7 Å². The molecule has 2 heterocycles. The molecule has 2 aromatic carbocycles. The number of ether oxygens (including phenoxy) is 2. The number of likely N-dealkylation sites (tertiary alicyclic amines) is 1. The first-order valence-corrected chi connectivity index (χ1v) is 13.5. The van der Waals surface area contributed by atoms with Gasteiger partial charge in [0.15, 0.2) is 0 Å². The van der Waals surface area contributed by atoms with E-state index < -0.39 is 17.6 Å². The number of piperidine rings is 1. The van der Waals surface area contributed by atoms with Gasteiger partial charge in [-0.05, 0) is 56.2 Å². The molecule has 0 unspecified atom stereocenters. The van der Waals surface area contributed by atoms with Gasteiger partial charge in [-0.2, -0.15) is 18.3 Å². The number of hydrogen-bond donors (Lipinski definition) is 2. The Kier molecular flexibility index (Phi) is 9.77. The summed E-state index contributed by atoms with van der Waals surface area (Å²) in [5.41, 5.74) is 0.420. The summed E-state index contributed by atoms with van der Waals surface area (Å²) in [6.45, 7) is 4.25. The first-order valence-electron chi connectivity index (χ1n) is 13.1. The number of anilines is 1.